The van der Waals surface area contributed by atoms with Crippen LogP contribution in [-0.4, -0.2) is 13.4 Å². The second-order valence-corrected chi connectivity index (χ2v) is 8.64. The van der Waals surface area contributed by atoms with E-state index >= 15 is 0 Å². The average molecular weight is 402 g/mol. The zero-order valence-corrected chi connectivity index (χ0v) is 14.8. The SMILES string of the molecule is NC(=S)c1ccc(Cl)c(NS(=O)(=O)c2cc(Cl)sc2Cl)c1. The standard InChI is InChI=1S/C11H7Cl3N2O2S3/c12-6-2-1-5(11(15)19)3-7(6)16-21(17,18)8-4-9(13)20-10(8)14/h1-4,16H,(H2,15,19). The van der Waals surface area contributed by atoms with Gasteiger partial charge in [0.1, 0.15) is 14.2 Å². The van der Waals surface area contributed by atoms with E-state index in [4.69, 9.17) is 52.8 Å². The summed E-state index contributed by atoms with van der Waals surface area (Å²) < 4.78 is 27.3. The average Bonchev–Trinajstić information content (AvgIpc) is 2.71. The molecule has 1 aromatic carbocycles. The number of anilines is 1. The van der Waals surface area contributed by atoms with Crippen LogP contribution in [0, 0.1) is 0 Å². The summed E-state index contributed by atoms with van der Waals surface area (Å²) >= 11 is 23.4. The highest BCUT2D eigenvalue weighted by Gasteiger charge is 2.22. The molecule has 0 saturated heterocycles. The van der Waals surface area contributed by atoms with Crippen molar-refractivity contribution in [2.24, 2.45) is 5.73 Å². The zero-order chi connectivity index (χ0) is 15.8. The van der Waals surface area contributed by atoms with Crippen LogP contribution in [0.3, 0.4) is 0 Å². The first-order chi connectivity index (χ1) is 9.70. The van der Waals surface area contributed by atoms with Crippen LogP contribution in [0.1, 0.15) is 5.56 Å². The largest absolute Gasteiger partial charge is 0.389 e. The van der Waals surface area contributed by atoms with E-state index < -0.39 is 10.0 Å². The van der Waals surface area contributed by atoms with Gasteiger partial charge in [0.15, 0.2) is 0 Å². The van der Waals surface area contributed by atoms with E-state index in [9.17, 15) is 8.42 Å². The van der Waals surface area contributed by atoms with Crippen LogP contribution in [0.4, 0.5) is 5.69 Å². The van der Waals surface area contributed by atoms with Crippen molar-refractivity contribution in [2.45, 2.75) is 4.90 Å². The van der Waals surface area contributed by atoms with Crippen molar-refractivity contribution in [3.8, 4) is 0 Å². The van der Waals surface area contributed by atoms with E-state index in [2.05, 4.69) is 4.72 Å². The number of thiophene rings is 1. The zero-order valence-electron chi connectivity index (χ0n) is 10.1. The third-order valence-corrected chi connectivity index (χ3v) is 6.09. The van der Waals surface area contributed by atoms with Gasteiger partial charge < -0.3 is 5.73 Å². The molecule has 0 spiro atoms. The number of hydrogen-bond acceptors (Lipinski definition) is 4. The highest BCUT2D eigenvalue weighted by Crippen LogP contribution is 2.36. The van der Waals surface area contributed by atoms with Gasteiger partial charge in [-0.05, 0) is 18.2 Å². The van der Waals surface area contributed by atoms with Gasteiger partial charge in [0.25, 0.3) is 10.0 Å². The molecular weight excluding hydrogens is 395 g/mol. The minimum atomic E-state index is -3.91. The van der Waals surface area contributed by atoms with Crippen LogP contribution in [0.15, 0.2) is 29.2 Å². The molecular formula is C11H7Cl3N2O2S3. The van der Waals surface area contributed by atoms with E-state index in [0.29, 0.717) is 5.56 Å². The lowest BCUT2D eigenvalue weighted by atomic mass is 10.2. The summed E-state index contributed by atoms with van der Waals surface area (Å²) in [7, 11) is -3.91. The van der Waals surface area contributed by atoms with Crippen LogP contribution in [0.5, 0.6) is 0 Å². The van der Waals surface area contributed by atoms with Gasteiger partial charge in [0.2, 0.25) is 0 Å². The Morgan fingerprint density at radius 1 is 1.24 bits per heavy atom. The second kappa shape index (κ2) is 6.28. The number of benzene rings is 1. The minimum Gasteiger partial charge on any atom is -0.389 e. The van der Waals surface area contributed by atoms with Crippen molar-refractivity contribution in [3.63, 3.8) is 0 Å². The summed E-state index contributed by atoms with van der Waals surface area (Å²) in [5.74, 6) is 0. The normalized spacial score (nSPS) is 11.4. The van der Waals surface area contributed by atoms with Crippen molar-refractivity contribution in [1.82, 2.24) is 0 Å². The van der Waals surface area contributed by atoms with E-state index in [0.717, 1.165) is 11.3 Å². The van der Waals surface area contributed by atoms with Crippen LogP contribution >= 0.6 is 58.4 Å². The van der Waals surface area contributed by atoms with Gasteiger partial charge in [-0.25, -0.2) is 8.42 Å². The minimum absolute atomic E-state index is 0.0640. The summed E-state index contributed by atoms with van der Waals surface area (Å²) in [6.07, 6.45) is 0. The first-order valence-electron chi connectivity index (χ1n) is 5.27. The summed E-state index contributed by atoms with van der Waals surface area (Å²) in [5.41, 5.74) is 6.15. The smallest absolute Gasteiger partial charge is 0.264 e. The van der Waals surface area contributed by atoms with Crippen LogP contribution in [0.2, 0.25) is 13.7 Å². The lowest BCUT2D eigenvalue weighted by Gasteiger charge is -2.10. The molecule has 0 aliphatic heterocycles. The molecule has 3 N–H and O–H groups in total. The molecule has 4 nitrogen and oxygen atoms in total. The molecule has 1 heterocycles. The molecule has 0 fully saturated rings. The lowest BCUT2D eigenvalue weighted by molar-refractivity contribution is 0.601. The predicted octanol–water partition coefficient (Wildman–Crippen LogP) is 4.14. The summed E-state index contributed by atoms with van der Waals surface area (Å²) in [4.78, 5) is 0.0136. The van der Waals surface area contributed by atoms with Crippen LogP contribution < -0.4 is 10.5 Å². The Morgan fingerprint density at radius 3 is 2.43 bits per heavy atom. The van der Waals surface area contributed by atoms with E-state index in [1.54, 1.807) is 6.07 Å². The van der Waals surface area contributed by atoms with Crippen LogP contribution in [-0.2, 0) is 10.0 Å². The number of thiocarbonyl (C=S) groups is 1. The Morgan fingerprint density at radius 2 is 1.90 bits per heavy atom. The Balaban J connectivity index is 2.43. The summed E-state index contributed by atoms with van der Waals surface area (Å²) in [5, 5.41) is 0.205. The van der Waals surface area contributed by atoms with Gasteiger partial charge >= 0.3 is 0 Å². The molecule has 0 radical (unpaired) electrons. The molecule has 0 saturated carbocycles. The summed E-state index contributed by atoms with van der Waals surface area (Å²) in [6, 6.07) is 5.80. The number of hydrogen-bond donors (Lipinski definition) is 2. The molecule has 0 amide bonds. The fourth-order valence-electron chi connectivity index (χ4n) is 1.46. The Labute approximate surface area is 145 Å². The molecule has 0 aliphatic carbocycles. The molecule has 0 unspecified atom stereocenters. The predicted molar refractivity (Wildman–Crippen MR) is 92.5 cm³/mol. The maximum absolute atomic E-state index is 12.3. The second-order valence-electron chi connectivity index (χ2n) is 3.85. The molecule has 0 bridgehead atoms. The molecule has 112 valence electrons. The highest BCUT2D eigenvalue weighted by atomic mass is 35.5. The van der Waals surface area contributed by atoms with Crippen molar-refractivity contribution in [3.05, 3.63) is 43.5 Å². The molecule has 10 heteroatoms. The number of halogens is 3. The Kier molecular flexibility index (Phi) is 5.02. The number of nitrogens with two attached hydrogens (primary N) is 1. The summed E-state index contributed by atoms with van der Waals surface area (Å²) in [6.45, 7) is 0. The first-order valence-corrected chi connectivity index (χ1v) is 9.12. The van der Waals surface area contributed by atoms with E-state index in [1.165, 1.54) is 18.2 Å². The van der Waals surface area contributed by atoms with Crippen molar-refractivity contribution in [1.29, 1.82) is 0 Å². The Bertz CT molecular complexity index is 818. The first kappa shape index (κ1) is 16.8. The highest BCUT2D eigenvalue weighted by molar-refractivity contribution is 7.93. The molecule has 21 heavy (non-hydrogen) atoms. The quantitative estimate of drug-likeness (QED) is 0.755. The third kappa shape index (κ3) is 3.80. The lowest BCUT2D eigenvalue weighted by Crippen LogP contribution is -2.14. The van der Waals surface area contributed by atoms with Gasteiger partial charge in [-0.15, -0.1) is 11.3 Å². The fraction of sp³-hybridized carbons (Fsp3) is 0. The molecule has 1 aromatic heterocycles. The van der Waals surface area contributed by atoms with Crippen molar-refractivity contribution >= 4 is 79.1 Å². The third-order valence-electron chi connectivity index (χ3n) is 2.41. The number of nitrogens with one attached hydrogen (secondary N) is 1. The monoisotopic (exact) mass is 400 g/mol. The van der Waals surface area contributed by atoms with E-state index in [-0.39, 0.29) is 29.3 Å². The maximum atomic E-state index is 12.3. The fourth-order valence-corrected chi connectivity index (χ4v) is 5.03. The van der Waals surface area contributed by atoms with Gasteiger partial charge in [0.05, 0.1) is 15.0 Å². The van der Waals surface area contributed by atoms with E-state index in [1.807, 2.05) is 0 Å². The topological polar surface area (TPSA) is 72.2 Å². The van der Waals surface area contributed by atoms with Crippen molar-refractivity contribution in [2.75, 3.05) is 4.72 Å². The molecule has 0 atom stereocenters. The number of rotatable bonds is 4. The molecule has 0 aliphatic rings. The van der Waals surface area contributed by atoms with Gasteiger partial charge in [-0.1, -0.05) is 53.1 Å². The Hall–Kier alpha value is -0.570. The van der Waals surface area contributed by atoms with Crippen LogP contribution in [0.25, 0.3) is 0 Å². The molecule has 2 rings (SSSR count). The van der Waals surface area contributed by atoms with Crippen molar-refractivity contribution < 1.29 is 8.42 Å². The maximum Gasteiger partial charge on any atom is 0.264 e. The van der Waals surface area contributed by atoms with Gasteiger partial charge in [-0.2, -0.15) is 0 Å². The van der Waals surface area contributed by atoms with Gasteiger partial charge in [-0.3, -0.25) is 4.72 Å². The molecule has 2 aromatic rings. The number of sulfonamides is 1. The van der Waals surface area contributed by atoms with Gasteiger partial charge in [0, 0.05) is 5.56 Å².